The molecule has 4 aliphatic heterocycles. The summed E-state index contributed by atoms with van der Waals surface area (Å²) in [6, 6.07) is 21.1. The SMILES string of the molecule is COC[C@@H]1NC(=O)CC/C=C\CN(c2ccc3ccccc3c2)C(=O)[C@H]2N(CCCCCO)C(=O)[C@@H]3[C@@H](C(=O)O[C@H]1c1ccccc1)[C@H]1C=C[C@]32O1. The number of hydrogen-bond acceptors (Lipinski definition) is 8. The second-order valence-corrected chi connectivity index (χ2v) is 13.9. The zero-order valence-corrected chi connectivity index (χ0v) is 29.3. The van der Waals surface area contributed by atoms with E-state index in [1.54, 1.807) is 22.0 Å². The highest BCUT2D eigenvalue weighted by Crippen LogP contribution is 2.56. The van der Waals surface area contributed by atoms with Crippen molar-refractivity contribution in [1.29, 1.82) is 0 Å². The first-order chi connectivity index (χ1) is 25.4. The van der Waals surface area contributed by atoms with Crippen molar-refractivity contribution in [3.05, 3.63) is 103 Å². The van der Waals surface area contributed by atoms with Gasteiger partial charge in [0.1, 0.15) is 23.7 Å². The summed E-state index contributed by atoms with van der Waals surface area (Å²) in [4.78, 5) is 60.8. The van der Waals surface area contributed by atoms with E-state index in [0.717, 1.165) is 10.8 Å². The fourth-order valence-corrected chi connectivity index (χ4v) is 8.25. The number of ether oxygens (including phenoxy) is 3. The van der Waals surface area contributed by atoms with Gasteiger partial charge in [-0.1, -0.05) is 85.0 Å². The van der Waals surface area contributed by atoms with Crippen molar-refractivity contribution < 1.29 is 38.5 Å². The normalized spacial score (nSPS) is 29.7. The number of amides is 3. The molecular weight excluding hydrogens is 662 g/mol. The van der Waals surface area contributed by atoms with E-state index in [1.807, 2.05) is 84.9 Å². The number of carbonyl (C=O) groups is 4. The van der Waals surface area contributed by atoms with Crippen molar-refractivity contribution in [2.45, 2.75) is 62.0 Å². The van der Waals surface area contributed by atoms with E-state index >= 15 is 4.79 Å². The average molecular weight is 708 g/mol. The van der Waals surface area contributed by atoms with Gasteiger partial charge in [0, 0.05) is 38.9 Å². The minimum atomic E-state index is -1.39. The number of anilines is 1. The molecule has 272 valence electrons. The monoisotopic (exact) mass is 707 g/mol. The maximum Gasteiger partial charge on any atom is 0.313 e. The minimum Gasteiger partial charge on any atom is -0.455 e. The fraction of sp³-hybridized carbons (Fsp3) is 0.415. The molecule has 3 aromatic carbocycles. The number of carbonyl (C=O) groups excluding carboxylic acids is 4. The number of fused-ring (bicyclic) bond motifs is 3. The summed E-state index contributed by atoms with van der Waals surface area (Å²) >= 11 is 0. The minimum absolute atomic E-state index is 0.0273. The van der Waals surface area contributed by atoms with Crippen LogP contribution in [0.4, 0.5) is 5.69 Å². The van der Waals surface area contributed by atoms with E-state index < -0.39 is 47.7 Å². The van der Waals surface area contributed by atoms with Crippen LogP contribution >= 0.6 is 0 Å². The number of hydrogen-bond donors (Lipinski definition) is 2. The topological polar surface area (TPSA) is 135 Å². The highest BCUT2D eigenvalue weighted by Gasteiger charge is 2.73. The number of likely N-dealkylation sites (tertiary alicyclic amines) is 1. The van der Waals surface area contributed by atoms with Crippen LogP contribution in [0, 0.1) is 11.8 Å². The maximum atomic E-state index is 15.1. The Hall–Kier alpha value is -4.84. The molecule has 52 heavy (non-hydrogen) atoms. The van der Waals surface area contributed by atoms with Crippen LogP contribution in [0.3, 0.4) is 0 Å². The lowest BCUT2D eigenvalue weighted by atomic mass is 9.74. The van der Waals surface area contributed by atoms with Gasteiger partial charge in [-0.25, -0.2) is 0 Å². The molecule has 0 aliphatic carbocycles. The molecule has 1 spiro atoms. The van der Waals surface area contributed by atoms with Gasteiger partial charge >= 0.3 is 5.97 Å². The third kappa shape index (κ3) is 6.64. The maximum absolute atomic E-state index is 15.1. The van der Waals surface area contributed by atoms with Crippen LogP contribution < -0.4 is 10.2 Å². The number of aliphatic hydroxyl groups excluding tert-OH is 1. The van der Waals surface area contributed by atoms with Gasteiger partial charge in [-0.05, 0) is 54.2 Å². The largest absolute Gasteiger partial charge is 0.455 e. The lowest BCUT2D eigenvalue weighted by Gasteiger charge is -2.36. The standard InChI is InChI=1S/C41H45N3O8/c1-50-26-31-36(28-14-5-2-6-15-28)51-40(49)34-32-20-21-41(52-32)35(34)38(47)44(23-11-4-12-24-45)37(41)39(48)43(22-10-3-7-17-33(46)42-31)30-19-18-27-13-8-9-16-29(27)25-30/h2-3,5-6,8-10,13-16,18-21,25,31-32,34-37,45H,4,7,11-12,17,22-24,26H2,1H3,(H,42,46)/b10-3-/t31-,32+,34-,35-,36-,37+,41-/m0/s1. The van der Waals surface area contributed by atoms with Crippen molar-refractivity contribution in [3.63, 3.8) is 0 Å². The Morgan fingerprint density at radius 1 is 0.923 bits per heavy atom. The Morgan fingerprint density at radius 3 is 2.50 bits per heavy atom. The molecule has 0 saturated carbocycles. The molecular formula is C41H45N3O8. The molecule has 0 radical (unpaired) electrons. The average Bonchev–Trinajstić information content (AvgIpc) is 3.80. The van der Waals surface area contributed by atoms with Crippen LogP contribution in [0.2, 0.25) is 0 Å². The summed E-state index contributed by atoms with van der Waals surface area (Å²) in [5, 5.41) is 14.4. The smallest absolute Gasteiger partial charge is 0.313 e. The number of benzene rings is 3. The highest BCUT2D eigenvalue weighted by atomic mass is 16.6. The van der Waals surface area contributed by atoms with Crippen LogP contribution in [0.5, 0.6) is 0 Å². The Balaban J connectivity index is 1.32. The Kier molecular flexibility index (Phi) is 10.5. The summed E-state index contributed by atoms with van der Waals surface area (Å²) in [7, 11) is 1.52. The van der Waals surface area contributed by atoms with E-state index in [0.29, 0.717) is 36.9 Å². The van der Waals surface area contributed by atoms with E-state index in [4.69, 9.17) is 14.2 Å². The molecule has 11 heteroatoms. The van der Waals surface area contributed by atoms with E-state index in [9.17, 15) is 19.5 Å². The number of nitrogens with one attached hydrogen (secondary N) is 1. The quantitative estimate of drug-likeness (QED) is 0.192. The number of methoxy groups -OCH3 is 1. The third-order valence-electron chi connectivity index (χ3n) is 10.7. The molecule has 2 fully saturated rings. The van der Waals surface area contributed by atoms with E-state index in [2.05, 4.69) is 5.32 Å². The lowest BCUT2D eigenvalue weighted by molar-refractivity contribution is -0.162. The van der Waals surface area contributed by atoms with Gasteiger partial charge in [0.2, 0.25) is 11.8 Å². The summed E-state index contributed by atoms with van der Waals surface area (Å²) in [5.74, 6) is -3.59. The zero-order valence-electron chi connectivity index (χ0n) is 29.3. The molecule has 3 amide bonds. The van der Waals surface area contributed by atoms with Crippen LogP contribution in [0.15, 0.2) is 97.1 Å². The van der Waals surface area contributed by atoms with Crippen LogP contribution in [0.25, 0.3) is 10.8 Å². The van der Waals surface area contributed by atoms with Crippen molar-refractivity contribution >= 4 is 40.2 Å². The molecule has 2 N–H and O–H groups in total. The van der Waals surface area contributed by atoms with Crippen LogP contribution in [0.1, 0.15) is 43.8 Å². The Labute approximate surface area is 303 Å². The van der Waals surface area contributed by atoms with Crippen LogP contribution in [-0.2, 0) is 33.4 Å². The molecule has 11 nitrogen and oxygen atoms in total. The summed E-state index contributed by atoms with van der Waals surface area (Å²) < 4.78 is 18.4. The first-order valence-electron chi connectivity index (χ1n) is 18.1. The zero-order chi connectivity index (χ0) is 36.2. The number of unbranched alkanes of at least 4 members (excludes halogenated alkanes) is 2. The highest BCUT2D eigenvalue weighted by molar-refractivity contribution is 6.06. The lowest BCUT2D eigenvalue weighted by Crippen LogP contribution is -2.56. The summed E-state index contributed by atoms with van der Waals surface area (Å²) in [6.45, 7) is 0.542. The second kappa shape index (κ2) is 15.4. The summed E-state index contributed by atoms with van der Waals surface area (Å²) in [5.41, 5.74) is -0.0842. The van der Waals surface area contributed by atoms with Crippen molar-refractivity contribution in [2.24, 2.45) is 11.8 Å². The number of rotatable bonds is 9. The first kappa shape index (κ1) is 35.6. The van der Waals surface area contributed by atoms with Gasteiger partial charge in [-0.3, -0.25) is 19.2 Å². The predicted molar refractivity (Wildman–Crippen MR) is 194 cm³/mol. The molecule has 0 unspecified atom stereocenters. The van der Waals surface area contributed by atoms with E-state index in [-0.39, 0.29) is 50.4 Å². The van der Waals surface area contributed by atoms with Crippen molar-refractivity contribution in [2.75, 3.05) is 38.3 Å². The molecule has 4 aliphatic rings. The number of nitrogens with zero attached hydrogens (tertiary/aromatic N) is 2. The predicted octanol–water partition coefficient (Wildman–Crippen LogP) is 4.25. The summed E-state index contributed by atoms with van der Waals surface area (Å²) in [6.07, 6.45) is 7.96. The molecule has 0 aromatic heterocycles. The van der Waals surface area contributed by atoms with E-state index in [1.165, 1.54) is 7.11 Å². The molecule has 7 atom stereocenters. The Bertz CT molecular complexity index is 1860. The molecule has 3 aromatic rings. The molecule has 2 saturated heterocycles. The number of cyclic esters (lactones) is 1. The number of allylic oxidation sites excluding steroid dienone is 1. The van der Waals surface area contributed by atoms with Crippen LogP contribution in [-0.4, -0.2) is 90.9 Å². The van der Waals surface area contributed by atoms with Gasteiger partial charge < -0.3 is 34.4 Å². The van der Waals surface area contributed by atoms with Crippen molar-refractivity contribution in [1.82, 2.24) is 10.2 Å². The van der Waals surface area contributed by atoms with Gasteiger partial charge in [0.15, 0.2) is 0 Å². The number of esters is 1. The second-order valence-electron chi connectivity index (χ2n) is 13.9. The van der Waals surface area contributed by atoms with Gasteiger partial charge in [-0.2, -0.15) is 0 Å². The third-order valence-corrected chi connectivity index (χ3v) is 10.7. The molecule has 5 bridgehead atoms. The first-order valence-corrected chi connectivity index (χ1v) is 18.1. The molecule has 4 heterocycles. The number of aliphatic hydroxyl groups is 1. The van der Waals surface area contributed by atoms with Gasteiger partial charge in [0.05, 0.1) is 24.7 Å². The Morgan fingerprint density at radius 2 is 1.71 bits per heavy atom. The molecule has 7 rings (SSSR count). The van der Waals surface area contributed by atoms with Crippen molar-refractivity contribution in [3.8, 4) is 0 Å². The van der Waals surface area contributed by atoms with Gasteiger partial charge in [-0.15, -0.1) is 0 Å². The van der Waals surface area contributed by atoms with Gasteiger partial charge in [0.25, 0.3) is 5.91 Å². The fourth-order valence-electron chi connectivity index (χ4n) is 8.25.